The van der Waals surface area contributed by atoms with E-state index in [1.807, 2.05) is 42.2 Å². The largest absolute Gasteiger partial charge is 0.494 e. The molecule has 1 aliphatic rings. The predicted molar refractivity (Wildman–Crippen MR) is 99.8 cm³/mol. The predicted octanol–water partition coefficient (Wildman–Crippen LogP) is 3.55. The van der Waals surface area contributed by atoms with Gasteiger partial charge in [-0.15, -0.1) is 0 Å². The Bertz CT molecular complexity index is 761. The number of amides is 1. The van der Waals surface area contributed by atoms with Crippen molar-refractivity contribution in [3.05, 3.63) is 59.7 Å². The normalized spacial score (nSPS) is 12.6. The third-order valence-corrected chi connectivity index (χ3v) is 4.24. The lowest BCUT2D eigenvalue weighted by molar-refractivity contribution is 0.0976. The summed E-state index contributed by atoms with van der Waals surface area (Å²) >= 11 is 5.43. The third kappa shape index (κ3) is 3.57. The van der Waals surface area contributed by atoms with Gasteiger partial charge >= 0.3 is 0 Å². The highest BCUT2D eigenvalue weighted by Crippen LogP contribution is 2.27. The molecule has 5 heteroatoms. The van der Waals surface area contributed by atoms with Crippen molar-refractivity contribution in [2.75, 3.05) is 18.1 Å². The van der Waals surface area contributed by atoms with Gasteiger partial charge in [-0.1, -0.05) is 31.2 Å². The first-order chi connectivity index (χ1) is 11.7. The van der Waals surface area contributed by atoms with Crippen LogP contribution in [0.1, 0.15) is 29.3 Å². The van der Waals surface area contributed by atoms with Gasteiger partial charge in [0.15, 0.2) is 5.11 Å². The summed E-state index contributed by atoms with van der Waals surface area (Å²) in [5, 5.41) is 3.26. The maximum Gasteiger partial charge on any atom is 0.257 e. The molecule has 4 nitrogen and oxygen atoms in total. The van der Waals surface area contributed by atoms with E-state index >= 15 is 0 Å². The third-order valence-electron chi connectivity index (χ3n) is 3.92. The molecule has 0 bridgehead atoms. The molecule has 1 N–H and O–H groups in total. The molecule has 0 aromatic heterocycles. The van der Waals surface area contributed by atoms with Gasteiger partial charge in [-0.25, -0.2) is 0 Å². The van der Waals surface area contributed by atoms with Gasteiger partial charge in [-0.3, -0.25) is 10.1 Å². The second kappa shape index (κ2) is 7.45. The lowest BCUT2D eigenvalue weighted by atomic mass is 10.2. The van der Waals surface area contributed by atoms with Crippen LogP contribution in [-0.4, -0.2) is 24.2 Å². The van der Waals surface area contributed by atoms with Gasteiger partial charge in [0.1, 0.15) is 5.75 Å². The quantitative estimate of drug-likeness (QED) is 0.864. The van der Waals surface area contributed by atoms with Gasteiger partial charge in [-0.2, -0.15) is 0 Å². The van der Waals surface area contributed by atoms with Crippen LogP contribution >= 0.6 is 12.2 Å². The molecule has 2 aromatic carbocycles. The van der Waals surface area contributed by atoms with Crippen molar-refractivity contribution in [1.82, 2.24) is 5.32 Å². The number of carbonyl (C=O) groups is 1. The summed E-state index contributed by atoms with van der Waals surface area (Å²) in [6.45, 7) is 3.47. The number of anilines is 1. The van der Waals surface area contributed by atoms with Crippen LogP contribution < -0.4 is 15.0 Å². The highest BCUT2D eigenvalue weighted by molar-refractivity contribution is 7.80. The first kappa shape index (κ1) is 16.5. The zero-order valence-electron chi connectivity index (χ0n) is 13.6. The second-order valence-corrected chi connectivity index (χ2v) is 6.05. The number of hydrogen-bond acceptors (Lipinski definition) is 3. The maximum atomic E-state index is 12.5. The molecular weight excluding hydrogens is 320 g/mol. The van der Waals surface area contributed by atoms with E-state index < -0.39 is 0 Å². The van der Waals surface area contributed by atoms with Gasteiger partial charge in [0.25, 0.3) is 5.91 Å². The summed E-state index contributed by atoms with van der Waals surface area (Å²) in [5.74, 6) is 0.480. The highest BCUT2D eigenvalue weighted by Gasteiger charge is 2.23. The number of hydrogen-bond donors (Lipinski definition) is 1. The van der Waals surface area contributed by atoms with Crippen LogP contribution in [0.4, 0.5) is 5.69 Å². The Hall–Kier alpha value is -2.40. The molecule has 0 atom stereocenters. The first-order valence-electron chi connectivity index (χ1n) is 8.12. The summed E-state index contributed by atoms with van der Waals surface area (Å²) in [4.78, 5) is 14.4. The summed E-state index contributed by atoms with van der Waals surface area (Å²) in [7, 11) is 0. The highest BCUT2D eigenvalue weighted by atomic mass is 32.1. The fourth-order valence-corrected chi connectivity index (χ4v) is 3.02. The van der Waals surface area contributed by atoms with E-state index in [0.29, 0.717) is 23.0 Å². The summed E-state index contributed by atoms with van der Waals surface area (Å²) in [5.41, 5.74) is 2.87. The zero-order valence-corrected chi connectivity index (χ0v) is 14.4. The maximum absolute atomic E-state index is 12.5. The Kier molecular flexibility index (Phi) is 5.11. The number of rotatable bonds is 4. The second-order valence-electron chi connectivity index (χ2n) is 5.67. The average Bonchev–Trinajstić information content (AvgIpc) is 3.04. The number of carbonyl (C=O) groups excluding carboxylic acids is 1. The Morgan fingerprint density at radius 1 is 1.25 bits per heavy atom. The minimum Gasteiger partial charge on any atom is -0.494 e. The van der Waals surface area contributed by atoms with Crippen LogP contribution in [0.3, 0.4) is 0 Å². The summed E-state index contributed by atoms with van der Waals surface area (Å²) < 4.78 is 5.57. The van der Waals surface area contributed by atoms with Gasteiger partial charge in [0.2, 0.25) is 0 Å². The topological polar surface area (TPSA) is 41.6 Å². The number of nitrogens with zero attached hydrogens (tertiary/aromatic N) is 1. The van der Waals surface area contributed by atoms with E-state index in [-0.39, 0.29) is 5.91 Å². The Morgan fingerprint density at radius 3 is 2.92 bits per heavy atom. The molecular formula is C19H20N2O2S. The first-order valence-corrected chi connectivity index (χ1v) is 8.53. The van der Waals surface area contributed by atoms with Crippen LogP contribution in [-0.2, 0) is 6.42 Å². The molecule has 1 aliphatic heterocycles. The van der Waals surface area contributed by atoms with Crippen molar-refractivity contribution >= 4 is 28.9 Å². The summed E-state index contributed by atoms with van der Waals surface area (Å²) in [6, 6.07) is 15.3. The molecule has 124 valence electrons. The molecule has 0 radical (unpaired) electrons. The van der Waals surface area contributed by atoms with Crippen LogP contribution in [0, 0.1) is 0 Å². The number of ether oxygens (including phenoxy) is 1. The van der Waals surface area contributed by atoms with Crippen molar-refractivity contribution in [3.63, 3.8) is 0 Å². The molecule has 0 saturated carbocycles. The minimum atomic E-state index is -0.216. The van der Waals surface area contributed by atoms with E-state index in [0.717, 1.165) is 25.1 Å². The molecule has 2 aromatic rings. The molecule has 0 unspecified atom stereocenters. The van der Waals surface area contributed by atoms with Gasteiger partial charge in [0.05, 0.1) is 6.61 Å². The molecule has 0 spiro atoms. The van der Waals surface area contributed by atoms with Crippen LogP contribution in [0.25, 0.3) is 0 Å². The lowest BCUT2D eigenvalue weighted by Gasteiger charge is -2.20. The Morgan fingerprint density at radius 2 is 2.08 bits per heavy atom. The summed E-state index contributed by atoms with van der Waals surface area (Å²) in [6.07, 6.45) is 1.86. The monoisotopic (exact) mass is 340 g/mol. The lowest BCUT2D eigenvalue weighted by Crippen LogP contribution is -2.41. The number of para-hydroxylation sites is 1. The van der Waals surface area contributed by atoms with Crippen LogP contribution in [0.2, 0.25) is 0 Å². The van der Waals surface area contributed by atoms with Crippen molar-refractivity contribution < 1.29 is 9.53 Å². The number of nitrogens with one attached hydrogen (secondary N) is 1. The number of thiocarbonyl (C=S) groups is 1. The van der Waals surface area contributed by atoms with E-state index in [4.69, 9.17) is 17.0 Å². The van der Waals surface area contributed by atoms with E-state index in [1.54, 1.807) is 12.1 Å². The SMILES string of the molecule is CCCOc1cccc(C(=O)NC(=S)N2CCc3ccccc32)c1. The van der Waals surface area contributed by atoms with E-state index in [9.17, 15) is 4.79 Å². The molecule has 1 heterocycles. The Labute approximate surface area is 147 Å². The minimum absolute atomic E-state index is 0.216. The van der Waals surface area contributed by atoms with Crippen molar-refractivity contribution in [3.8, 4) is 5.75 Å². The van der Waals surface area contributed by atoms with Gasteiger partial charge in [0, 0.05) is 17.8 Å². The molecule has 0 fully saturated rings. The van der Waals surface area contributed by atoms with Gasteiger partial charge < -0.3 is 9.64 Å². The number of fused-ring (bicyclic) bond motifs is 1. The van der Waals surface area contributed by atoms with Crippen molar-refractivity contribution in [1.29, 1.82) is 0 Å². The molecule has 24 heavy (non-hydrogen) atoms. The Balaban J connectivity index is 1.68. The van der Waals surface area contributed by atoms with E-state index in [2.05, 4.69) is 11.4 Å². The fraction of sp³-hybridized carbons (Fsp3) is 0.263. The van der Waals surface area contributed by atoms with Crippen LogP contribution in [0.5, 0.6) is 5.75 Å². The molecule has 3 rings (SSSR count). The number of benzene rings is 2. The molecule has 0 aliphatic carbocycles. The molecule has 1 amide bonds. The van der Waals surface area contributed by atoms with Crippen molar-refractivity contribution in [2.45, 2.75) is 19.8 Å². The van der Waals surface area contributed by atoms with Gasteiger partial charge in [-0.05, 0) is 54.9 Å². The average molecular weight is 340 g/mol. The van der Waals surface area contributed by atoms with Crippen LogP contribution in [0.15, 0.2) is 48.5 Å². The van der Waals surface area contributed by atoms with E-state index in [1.165, 1.54) is 5.56 Å². The standard InChI is InChI=1S/C19H20N2O2S/c1-2-12-23-16-8-5-7-15(13-16)18(22)20-19(24)21-11-10-14-6-3-4-9-17(14)21/h3-9,13H,2,10-12H2,1H3,(H,20,22,24). The molecule has 0 saturated heterocycles. The smallest absolute Gasteiger partial charge is 0.257 e. The fourth-order valence-electron chi connectivity index (χ4n) is 2.73. The van der Waals surface area contributed by atoms with Crippen molar-refractivity contribution in [2.24, 2.45) is 0 Å². The zero-order chi connectivity index (χ0) is 16.9.